The molecule has 0 aliphatic rings. The van der Waals surface area contributed by atoms with E-state index in [-0.39, 0.29) is 0 Å². The van der Waals surface area contributed by atoms with Crippen molar-refractivity contribution in [2.45, 2.75) is 65.2 Å². The van der Waals surface area contributed by atoms with E-state index < -0.39 is 0 Å². The molecule has 16 heavy (non-hydrogen) atoms. The summed E-state index contributed by atoms with van der Waals surface area (Å²) >= 11 is 3.03. The predicted molar refractivity (Wildman–Crippen MR) is 78.6 cm³/mol. The van der Waals surface area contributed by atoms with Crippen LogP contribution < -0.4 is 0 Å². The number of unbranched alkanes of at least 4 members (excludes halogenated alkanes) is 6. The Kier molecular flexibility index (Phi) is 13.7. The molecule has 0 N–H and O–H groups in total. The molecule has 0 radical (unpaired) electrons. The topological polar surface area (TPSA) is 17.1 Å². The van der Waals surface area contributed by atoms with Gasteiger partial charge in [0, 0.05) is 11.5 Å². The van der Waals surface area contributed by atoms with E-state index in [1.54, 1.807) is 0 Å². The Balaban J connectivity index is 3.12. The Bertz CT molecular complexity index is 144. The molecular weight excluding hydrogens is 236 g/mol. The van der Waals surface area contributed by atoms with Crippen molar-refractivity contribution in [2.24, 2.45) is 0 Å². The first-order valence-corrected chi connectivity index (χ1v) is 8.58. The van der Waals surface area contributed by atoms with Gasteiger partial charge < -0.3 is 0 Å². The minimum Gasteiger partial charge on any atom is -0.274 e. The monoisotopic (exact) mass is 262 g/mol. The molecule has 0 amide bonds. The molecule has 0 saturated heterocycles. The fourth-order valence-corrected chi connectivity index (χ4v) is 3.27. The highest BCUT2D eigenvalue weighted by Crippen LogP contribution is 2.20. The summed E-state index contributed by atoms with van der Waals surface area (Å²) in [6.45, 7) is 4.43. The van der Waals surface area contributed by atoms with Gasteiger partial charge in [-0.1, -0.05) is 75.9 Å². The second kappa shape index (κ2) is 13.4. The van der Waals surface area contributed by atoms with E-state index in [9.17, 15) is 4.79 Å². The SMILES string of the molecule is CCCCCCSC(=O)SCCCCCC. The van der Waals surface area contributed by atoms with E-state index in [0.717, 1.165) is 11.5 Å². The molecule has 0 aliphatic heterocycles. The molecule has 1 nitrogen and oxygen atoms in total. The Labute approximate surface area is 110 Å². The summed E-state index contributed by atoms with van der Waals surface area (Å²) in [5.41, 5.74) is 0. The van der Waals surface area contributed by atoms with Crippen LogP contribution in [-0.2, 0) is 0 Å². The van der Waals surface area contributed by atoms with Gasteiger partial charge in [0.1, 0.15) is 0 Å². The van der Waals surface area contributed by atoms with Crippen LogP contribution in [0.15, 0.2) is 0 Å². The standard InChI is InChI=1S/C13H26OS2/c1-3-5-7-9-11-15-13(14)16-12-10-8-6-4-2/h3-12H2,1-2H3. The molecular formula is C13H26OS2. The van der Waals surface area contributed by atoms with Crippen LogP contribution in [0.25, 0.3) is 0 Å². The first kappa shape index (κ1) is 16.4. The fourth-order valence-electron chi connectivity index (χ4n) is 1.41. The lowest BCUT2D eigenvalue weighted by Crippen LogP contribution is -1.89. The summed E-state index contributed by atoms with van der Waals surface area (Å²) in [7, 11) is 0. The van der Waals surface area contributed by atoms with E-state index in [0.29, 0.717) is 4.45 Å². The van der Waals surface area contributed by atoms with Gasteiger partial charge in [-0.05, 0) is 12.8 Å². The molecule has 0 rings (SSSR count). The summed E-state index contributed by atoms with van der Waals surface area (Å²) in [5.74, 6) is 2.03. The van der Waals surface area contributed by atoms with Crippen LogP contribution in [0, 0.1) is 0 Å². The van der Waals surface area contributed by atoms with E-state index in [1.807, 2.05) is 0 Å². The molecule has 0 fully saturated rings. The highest BCUT2D eigenvalue weighted by molar-refractivity contribution is 8.38. The summed E-state index contributed by atoms with van der Waals surface area (Å²) in [6, 6.07) is 0. The highest BCUT2D eigenvalue weighted by Gasteiger charge is 2.02. The van der Waals surface area contributed by atoms with Gasteiger partial charge in [0.2, 0.25) is 4.45 Å². The molecule has 0 saturated carbocycles. The molecule has 0 spiro atoms. The van der Waals surface area contributed by atoms with Crippen LogP contribution in [-0.4, -0.2) is 16.0 Å². The largest absolute Gasteiger partial charge is 0.274 e. The second-order valence-electron chi connectivity index (χ2n) is 4.07. The third kappa shape index (κ3) is 12.4. The molecule has 0 atom stereocenters. The fraction of sp³-hybridized carbons (Fsp3) is 0.923. The number of hydrogen-bond acceptors (Lipinski definition) is 3. The van der Waals surface area contributed by atoms with Crippen LogP contribution in [0.2, 0.25) is 0 Å². The number of hydrogen-bond donors (Lipinski definition) is 0. The van der Waals surface area contributed by atoms with Crippen molar-refractivity contribution in [2.75, 3.05) is 11.5 Å². The zero-order chi connectivity index (χ0) is 12.1. The van der Waals surface area contributed by atoms with Gasteiger partial charge in [0.15, 0.2) is 0 Å². The van der Waals surface area contributed by atoms with Crippen molar-refractivity contribution in [3.05, 3.63) is 0 Å². The summed E-state index contributed by atoms with van der Waals surface area (Å²) in [4.78, 5) is 11.4. The molecule has 0 bridgehead atoms. The molecule has 0 unspecified atom stereocenters. The van der Waals surface area contributed by atoms with Crippen molar-refractivity contribution in [3.63, 3.8) is 0 Å². The minimum atomic E-state index is 0.327. The zero-order valence-electron chi connectivity index (χ0n) is 10.8. The molecule has 3 heteroatoms. The third-order valence-corrected chi connectivity index (χ3v) is 4.60. The highest BCUT2D eigenvalue weighted by atomic mass is 32.2. The van der Waals surface area contributed by atoms with Crippen LogP contribution >= 0.6 is 23.5 Å². The van der Waals surface area contributed by atoms with E-state index in [4.69, 9.17) is 0 Å². The number of rotatable bonds is 10. The smallest absolute Gasteiger partial charge is 0.246 e. The molecule has 0 aromatic rings. The number of carbonyl (C=O) groups excluding carboxylic acids is 1. The maximum absolute atomic E-state index is 11.4. The Morgan fingerprint density at radius 1 is 0.750 bits per heavy atom. The normalized spacial score (nSPS) is 10.6. The molecule has 96 valence electrons. The predicted octanol–water partition coefficient (Wildman–Crippen LogP) is 5.73. The Hall–Kier alpha value is 0.370. The molecule has 0 heterocycles. The Morgan fingerprint density at radius 2 is 1.19 bits per heavy atom. The molecule has 0 aromatic carbocycles. The summed E-state index contributed by atoms with van der Waals surface area (Å²) < 4.78 is 0.327. The zero-order valence-corrected chi connectivity index (χ0v) is 12.4. The average molecular weight is 262 g/mol. The lowest BCUT2D eigenvalue weighted by molar-refractivity contribution is 0.276. The number of carbonyl (C=O) groups is 1. The lowest BCUT2D eigenvalue weighted by atomic mass is 10.2. The van der Waals surface area contributed by atoms with Crippen molar-refractivity contribution < 1.29 is 4.79 Å². The van der Waals surface area contributed by atoms with Crippen molar-refractivity contribution in [1.29, 1.82) is 0 Å². The molecule has 0 aliphatic carbocycles. The third-order valence-electron chi connectivity index (χ3n) is 2.44. The van der Waals surface area contributed by atoms with Gasteiger partial charge in [-0.2, -0.15) is 0 Å². The van der Waals surface area contributed by atoms with E-state index in [2.05, 4.69) is 13.8 Å². The van der Waals surface area contributed by atoms with Crippen molar-refractivity contribution in [1.82, 2.24) is 0 Å². The van der Waals surface area contributed by atoms with Crippen LogP contribution in [0.5, 0.6) is 0 Å². The lowest BCUT2D eigenvalue weighted by Gasteiger charge is -2.01. The second-order valence-corrected chi connectivity index (χ2v) is 6.46. The minimum absolute atomic E-state index is 0.327. The maximum atomic E-state index is 11.4. The van der Waals surface area contributed by atoms with Crippen LogP contribution in [0.1, 0.15) is 65.2 Å². The van der Waals surface area contributed by atoms with Gasteiger partial charge in [-0.3, -0.25) is 4.79 Å². The van der Waals surface area contributed by atoms with Gasteiger partial charge in [-0.25, -0.2) is 0 Å². The van der Waals surface area contributed by atoms with Gasteiger partial charge in [0.25, 0.3) is 0 Å². The van der Waals surface area contributed by atoms with Crippen LogP contribution in [0.4, 0.5) is 4.79 Å². The first-order chi connectivity index (χ1) is 7.81. The van der Waals surface area contributed by atoms with Gasteiger partial charge in [-0.15, -0.1) is 0 Å². The van der Waals surface area contributed by atoms with Crippen molar-refractivity contribution >= 4 is 28.0 Å². The summed E-state index contributed by atoms with van der Waals surface area (Å²) in [6.07, 6.45) is 10.1. The molecule has 0 aromatic heterocycles. The van der Waals surface area contributed by atoms with Crippen LogP contribution in [0.3, 0.4) is 0 Å². The van der Waals surface area contributed by atoms with E-state index >= 15 is 0 Å². The summed E-state index contributed by atoms with van der Waals surface area (Å²) in [5, 5.41) is 0. The number of thioether (sulfide) groups is 2. The maximum Gasteiger partial charge on any atom is 0.246 e. The van der Waals surface area contributed by atoms with Gasteiger partial charge >= 0.3 is 0 Å². The van der Waals surface area contributed by atoms with Crippen molar-refractivity contribution in [3.8, 4) is 0 Å². The quantitative estimate of drug-likeness (QED) is 0.468. The average Bonchev–Trinajstić information content (AvgIpc) is 2.28. The first-order valence-electron chi connectivity index (χ1n) is 6.60. The van der Waals surface area contributed by atoms with E-state index in [1.165, 1.54) is 74.9 Å². The van der Waals surface area contributed by atoms with Gasteiger partial charge in [0.05, 0.1) is 0 Å². The Morgan fingerprint density at radius 3 is 1.56 bits per heavy atom.